The number of phenolic OH excluding ortho intramolecular Hbond substituents is 1. The minimum Gasteiger partial charge on any atom is -0.504 e. The molecule has 0 saturated heterocycles. The Morgan fingerprint density at radius 1 is 1.21 bits per heavy atom. The molecule has 0 aliphatic heterocycles. The van der Waals surface area contributed by atoms with Crippen LogP contribution in [-0.2, 0) is 0 Å². The lowest BCUT2D eigenvalue weighted by Crippen LogP contribution is -1.85. The van der Waals surface area contributed by atoms with E-state index in [4.69, 9.17) is 4.74 Å². The lowest BCUT2D eigenvalue weighted by Gasteiger charge is -2.04. The minimum atomic E-state index is 0.0570. The van der Waals surface area contributed by atoms with Gasteiger partial charge in [0, 0.05) is 0 Å². The number of ether oxygens (including phenoxy) is 1. The molecule has 1 N–H and O–H groups in total. The van der Waals surface area contributed by atoms with Gasteiger partial charge >= 0.3 is 0 Å². The number of hydrogen-bond acceptors (Lipinski definition) is 3. The van der Waals surface area contributed by atoms with Gasteiger partial charge in [-0.15, -0.1) is 0 Å². The Bertz CT molecular complexity index is 640. The molecule has 3 heteroatoms. The maximum Gasteiger partial charge on any atom is 0.160 e. The van der Waals surface area contributed by atoms with Crippen LogP contribution in [0.25, 0.3) is 11.6 Å². The van der Waals surface area contributed by atoms with Crippen LogP contribution in [0.2, 0.25) is 0 Å². The zero-order valence-electron chi connectivity index (χ0n) is 10.5. The number of phenols is 1. The third-order valence-electron chi connectivity index (χ3n) is 2.72. The van der Waals surface area contributed by atoms with Gasteiger partial charge in [-0.05, 0) is 29.3 Å². The number of benzene rings is 2. The zero-order valence-corrected chi connectivity index (χ0v) is 10.5. The highest BCUT2D eigenvalue weighted by atomic mass is 16.5. The molecular formula is C16H13NO2. The van der Waals surface area contributed by atoms with E-state index in [1.165, 1.54) is 7.11 Å². The van der Waals surface area contributed by atoms with Gasteiger partial charge in [-0.2, -0.15) is 5.26 Å². The molecule has 3 nitrogen and oxygen atoms in total. The Kier molecular flexibility index (Phi) is 3.84. The average Bonchev–Trinajstić information content (AvgIpc) is 2.46. The summed E-state index contributed by atoms with van der Waals surface area (Å²) in [5.74, 6) is 0.469. The van der Waals surface area contributed by atoms with Gasteiger partial charge in [-0.3, -0.25) is 0 Å². The van der Waals surface area contributed by atoms with Crippen LogP contribution in [0, 0.1) is 11.3 Å². The van der Waals surface area contributed by atoms with Gasteiger partial charge in [0.2, 0.25) is 0 Å². The highest BCUT2D eigenvalue weighted by Crippen LogP contribution is 2.28. The number of methoxy groups -OCH3 is 1. The summed E-state index contributed by atoms with van der Waals surface area (Å²) < 4.78 is 4.98. The van der Waals surface area contributed by atoms with Crippen LogP contribution in [0.1, 0.15) is 11.1 Å². The van der Waals surface area contributed by atoms with E-state index in [2.05, 4.69) is 6.07 Å². The van der Waals surface area contributed by atoms with Gasteiger partial charge in [0.05, 0.1) is 18.8 Å². The predicted molar refractivity (Wildman–Crippen MR) is 74.6 cm³/mol. The normalized spacial score (nSPS) is 10.8. The molecule has 0 aliphatic carbocycles. The molecule has 0 unspecified atom stereocenters. The van der Waals surface area contributed by atoms with Crippen LogP contribution < -0.4 is 4.74 Å². The largest absolute Gasteiger partial charge is 0.504 e. The third-order valence-corrected chi connectivity index (χ3v) is 2.72. The number of aromatic hydroxyl groups is 1. The summed E-state index contributed by atoms with van der Waals surface area (Å²) in [5, 5.41) is 18.9. The van der Waals surface area contributed by atoms with Crippen LogP contribution in [0.3, 0.4) is 0 Å². The first-order chi connectivity index (χ1) is 9.24. The summed E-state index contributed by atoms with van der Waals surface area (Å²) in [7, 11) is 1.50. The molecule has 0 radical (unpaired) electrons. The molecule has 2 aromatic rings. The zero-order chi connectivity index (χ0) is 13.7. The van der Waals surface area contributed by atoms with Crippen molar-refractivity contribution in [2.24, 2.45) is 0 Å². The first kappa shape index (κ1) is 12.7. The summed E-state index contributed by atoms with van der Waals surface area (Å²) in [4.78, 5) is 0. The van der Waals surface area contributed by atoms with Crippen LogP contribution >= 0.6 is 0 Å². The summed E-state index contributed by atoms with van der Waals surface area (Å²) in [5.41, 5.74) is 2.14. The van der Waals surface area contributed by atoms with Gasteiger partial charge in [0.15, 0.2) is 11.5 Å². The van der Waals surface area contributed by atoms with Crippen molar-refractivity contribution in [2.45, 2.75) is 0 Å². The van der Waals surface area contributed by atoms with Crippen molar-refractivity contribution < 1.29 is 9.84 Å². The maximum atomic E-state index is 9.71. The fraction of sp³-hybridized carbons (Fsp3) is 0.0625. The number of rotatable bonds is 3. The number of allylic oxidation sites excluding steroid dienone is 1. The lowest BCUT2D eigenvalue weighted by atomic mass is 10.0. The van der Waals surface area contributed by atoms with Crippen molar-refractivity contribution in [1.29, 1.82) is 5.26 Å². The van der Waals surface area contributed by atoms with Gasteiger partial charge < -0.3 is 9.84 Å². The Labute approximate surface area is 112 Å². The minimum absolute atomic E-state index is 0.0570. The van der Waals surface area contributed by atoms with Gasteiger partial charge in [0.1, 0.15) is 0 Å². The van der Waals surface area contributed by atoms with Gasteiger partial charge in [0.25, 0.3) is 0 Å². The van der Waals surface area contributed by atoms with Gasteiger partial charge in [-0.25, -0.2) is 0 Å². The van der Waals surface area contributed by atoms with E-state index in [9.17, 15) is 10.4 Å². The molecule has 0 fully saturated rings. The quantitative estimate of drug-likeness (QED) is 0.671. The summed E-state index contributed by atoms with van der Waals surface area (Å²) in [6, 6.07) is 16.6. The van der Waals surface area contributed by atoms with E-state index in [1.807, 2.05) is 30.3 Å². The summed E-state index contributed by atoms with van der Waals surface area (Å²) in [6.07, 6.45) is 1.73. The van der Waals surface area contributed by atoms with Gasteiger partial charge in [-0.1, -0.05) is 36.4 Å². The average molecular weight is 251 g/mol. The molecule has 94 valence electrons. The van der Waals surface area contributed by atoms with Crippen LogP contribution in [-0.4, -0.2) is 12.2 Å². The Hall–Kier alpha value is -2.73. The van der Waals surface area contributed by atoms with Crippen molar-refractivity contribution in [3.63, 3.8) is 0 Å². The van der Waals surface area contributed by atoms with E-state index in [-0.39, 0.29) is 5.75 Å². The molecule has 0 heterocycles. The van der Waals surface area contributed by atoms with Crippen LogP contribution in [0.15, 0.2) is 48.5 Å². The van der Waals surface area contributed by atoms with Crippen LogP contribution in [0.5, 0.6) is 11.5 Å². The second-order valence-electron chi connectivity index (χ2n) is 3.97. The molecule has 0 aliphatic rings. The lowest BCUT2D eigenvalue weighted by molar-refractivity contribution is 0.373. The van der Waals surface area contributed by atoms with E-state index in [1.54, 1.807) is 24.3 Å². The predicted octanol–water partition coefficient (Wildman–Crippen LogP) is 3.46. The molecule has 0 spiro atoms. The Balaban J connectivity index is 2.39. The van der Waals surface area contributed by atoms with Crippen molar-refractivity contribution >= 4 is 11.6 Å². The number of nitrogens with zero attached hydrogens (tertiary/aromatic N) is 1. The molecule has 0 amide bonds. The molecule has 2 aromatic carbocycles. The molecule has 0 bridgehead atoms. The van der Waals surface area contributed by atoms with Crippen molar-refractivity contribution in [1.82, 2.24) is 0 Å². The summed E-state index contributed by atoms with van der Waals surface area (Å²) >= 11 is 0. The van der Waals surface area contributed by atoms with E-state index in [0.717, 1.165) is 11.1 Å². The second kappa shape index (κ2) is 5.74. The van der Waals surface area contributed by atoms with E-state index < -0.39 is 0 Å². The highest BCUT2D eigenvalue weighted by molar-refractivity contribution is 5.89. The second-order valence-corrected chi connectivity index (χ2v) is 3.97. The Morgan fingerprint density at radius 3 is 2.53 bits per heavy atom. The van der Waals surface area contributed by atoms with Crippen LogP contribution in [0.4, 0.5) is 0 Å². The fourth-order valence-corrected chi connectivity index (χ4v) is 1.76. The maximum absolute atomic E-state index is 9.71. The molecule has 0 aromatic heterocycles. The molecular weight excluding hydrogens is 238 g/mol. The number of nitriles is 1. The van der Waals surface area contributed by atoms with E-state index >= 15 is 0 Å². The number of hydrogen-bond donors (Lipinski definition) is 1. The summed E-state index contributed by atoms with van der Waals surface area (Å²) in [6.45, 7) is 0. The first-order valence-corrected chi connectivity index (χ1v) is 5.79. The molecule has 0 atom stereocenters. The molecule has 19 heavy (non-hydrogen) atoms. The van der Waals surface area contributed by atoms with Crippen molar-refractivity contribution in [2.75, 3.05) is 7.11 Å². The monoisotopic (exact) mass is 251 g/mol. The first-order valence-electron chi connectivity index (χ1n) is 5.79. The topological polar surface area (TPSA) is 53.2 Å². The standard InChI is InChI=1S/C16H13NO2/c1-19-16-8-7-12(10-15(16)18)9-14(11-17)13-5-3-2-4-6-13/h2-10,18H,1H3/b14-9-. The van der Waals surface area contributed by atoms with Crippen molar-refractivity contribution in [3.8, 4) is 17.6 Å². The third kappa shape index (κ3) is 2.93. The highest BCUT2D eigenvalue weighted by Gasteiger charge is 2.03. The fourth-order valence-electron chi connectivity index (χ4n) is 1.76. The SMILES string of the molecule is COc1ccc(/C=C(/C#N)c2ccccc2)cc1O. The molecule has 2 rings (SSSR count). The van der Waals surface area contributed by atoms with Crippen molar-refractivity contribution in [3.05, 3.63) is 59.7 Å². The smallest absolute Gasteiger partial charge is 0.160 e. The Morgan fingerprint density at radius 2 is 1.95 bits per heavy atom. The molecule has 0 saturated carbocycles. The van der Waals surface area contributed by atoms with E-state index in [0.29, 0.717) is 11.3 Å².